The summed E-state index contributed by atoms with van der Waals surface area (Å²) < 4.78 is 5.74. The van der Waals surface area contributed by atoms with Gasteiger partial charge in [-0.3, -0.25) is 4.79 Å². The minimum atomic E-state index is -0.228. The van der Waals surface area contributed by atoms with Crippen LogP contribution in [0.3, 0.4) is 0 Å². The quantitative estimate of drug-likeness (QED) is 0.832. The summed E-state index contributed by atoms with van der Waals surface area (Å²) in [5, 5.41) is 9.40. The van der Waals surface area contributed by atoms with Crippen molar-refractivity contribution in [1.29, 1.82) is 0 Å². The maximum absolute atomic E-state index is 11.9. The SMILES string of the molecule is CC1CCCC(OCC(=O)N2CCC(O)CC2)C1. The third-order valence-corrected chi connectivity index (χ3v) is 4.15. The van der Waals surface area contributed by atoms with E-state index in [-0.39, 0.29) is 24.7 Å². The van der Waals surface area contributed by atoms with Crippen LogP contribution < -0.4 is 0 Å². The molecule has 1 N–H and O–H groups in total. The maximum atomic E-state index is 11.9. The van der Waals surface area contributed by atoms with Gasteiger partial charge < -0.3 is 14.7 Å². The first kappa shape index (κ1) is 13.8. The van der Waals surface area contributed by atoms with E-state index >= 15 is 0 Å². The predicted molar refractivity (Wildman–Crippen MR) is 69.2 cm³/mol. The van der Waals surface area contributed by atoms with Crippen molar-refractivity contribution in [3.63, 3.8) is 0 Å². The molecule has 1 saturated carbocycles. The van der Waals surface area contributed by atoms with E-state index in [1.807, 2.05) is 4.90 Å². The number of rotatable bonds is 3. The van der Waals surface area contributed by atoms with E-state index in [2.05, 4.69) is 6.92 Å². The number of hydrogen-bond donors (Lipinski definition) is 1. The molecular formula is C14H25NO3. The van der Waals surface area contributed by atoms with E-state index in [4.69, 9.17) is 4.74 Å². The van der Waals surface area contributed by atoms with Gasteiger partial charge in [0, 0.05) is 13.1 Å². The Hall–Kier alpha value is -0.610. The summed E-state index contributed by atoms with van der Waals surface area (Å²) in [6, 6.07) is 0. The average molecular weight is 255 g/mol. The van der Waals surface area contributed by atoms with Crippen molar-refractivity contribution in [2.24, 2.45) is 5.92 Å². The number of hydrogen-bond acceptors (Lipinski definition) is 3. The predicted octanol–water partition coefficient (Wildman–Crippen LogP) is 1.56. The maximum Gasteiger partial charge on any atom is 0.248 e. The van der Waals surface area contributed by atoms with Gasteiger partial charge in [-0.15, -0.1) is 0 Å². The first-order valence-corrected chi connectivity index (χ1v) is 7.22. The fraction of sp³-hybridized carbons (Fsp3) is 0.929. The molecule has 0 aromatic rings. The summed E-state index contributed by atoms with van der Waals surface area (Å²) in [4.78, 5) is 13.8. The van der Waals surface area contributed by atoms with Crippen molar-refractivity contribution in [1.82, 2.24) is 4.90 Å². The standard InChI is InChI=1S/C14H25NO3/c1-11-3-2-4-13(9-11)18-10-14(17)15-7-5-12(16)6-8-15/h11-13,16H,2-10H2,1H3. The number of aliphatic hydroxyl groups is 1. The molecule has 2 fully saturated rings. The topological polar surface area (TPSA) is 49.8 Å². The van der Waals surface area contributed by atoms with Crippen LogP contribution in [0.1, 0.15) is 45.4 Å². The van der Waals surface area contributed by atoms with E-state index in [1.165, 1.54) is 12.8 Å². The molecule has 1 aliphatic carbocycles. The second kappa shape index (κ2) is 6.53. The molecule has 4 nitrogen and oxygen atoms in total. The third-order valence-electron chi connectivity index (χ3n) is 4.15. The molecule has 1 heterocycles. The minimum absolute atomic E-state index is 0.0835. The van der Waals surface area contributed by atoms with Gasteiger partial charge in [-0.1, -0.05) is 19.8 Å². The molecule has 1 aliphatic heterocycles. The normalized spacial score (nSPS) is 30.4. The van der Waals surface area contributed by atoms with Crippen molar-refractivity contribution in [2.75, 3.05) is 19.7 Å². The number of piperidine rings is 1. The lowest BCUT2D eigenvalue weighted by molar-refractivity contribution is -0.141. The Bertz CT molecular complexity index is 274. The van der Waals surface area contributed by atoms with Gasteiger partial charge in [0.2, 0.25) is 5.91 Å². The van der Waals surface area contributed by atoms with E-state index in [0.717, 1.165) is 18.8 Å². The summed E-state index contributed by atoms with van der Waals surface area (Å²) in [6.45, 7) is 3.81. The molecule has 1 amide bonds. The van der Waals surface area contributed by atoms with E-state index in [9.17, 15) is 9.90 Å². The highest BCUT2D eigenvalue weighted by molar-refractivity contribution is 5.77. The van der Waals surface area contributed by atoms with Crippen molar-refractivity contribution >= 4 is 5.91 Å². The minimum Gasteiger partial charge on any atom is -0.393 e. The second-order valence-corrected chi connectivity index (χ2v) is 5.82. The van der Waals surface area contributed by atoms with Crippen LogP contribution in [0.15, 0.2) is 0 Å². The average Bonchev–Trinajstić information content (AvgIpc) is 2.37. The fourth-order valence-electron chi connectivity index (χ4n) is 2.93. The van der Waals surface area contributed by atoms with Crippen LogP contribution in [0.5, 0.6) is 0 Å². The number of aliphatic hydroxyl groups excluding tert-OH is 1. The van der Waals surface area contributed by atoms with Crippen molar-refractivity contribution in [3.8, 4) is 0 Å². The molecule has 104 valence electrons. The highest BCUT2D eigenvalue weighted by Crippen LogP contribution is 2.25. The Morgan fingerprint density at radius 1 is 1.28 bits per heavy atom. The number of carbonyl (C=O) groups is 1. The molecule has 0 aromatic heterocycles. The molecular weight excluding hydrogens is 230 g/mol. The molecule has 0 radical (unpaired) electrons. The zero-order valence-electron chi connectivity index (χ0n) is 11.3. The smallest absolute Gasteiger partial charge is 0.248 e. The van der Waals surface area contributed by atoms with Crippen LogP contribution in [0, 0.1) is 5.92 Å². The van der Waals surface area contributed by atoms with Crippen LogP contribution >= 0.6 is 0 Å². The molecule has 0 spiro atoms. The Morgan fingerprint density at radius 3 is 2.67 bits per heavy atom. The lowest BCUT2D eigenvalue weighted by Crippen LogP contribution is -2.42. The fourth-order valence-corrected chi connectivity index (χ4v) is 2.93. The molecule has 0 aromatic carbocycles. The Morgan fingerprint density at radius 2 is 2.00 bits per heavy atom. The zero-order valence-corrected chi connectivity index (χ0v) is 11.3. The van der Waals surface area contributed by atoms with Gasteiger partial charge in [0.1, 0.15) is 6.61 Å². The van der Waals surface area contributed by atoms with E-state index < -0.39 is 0 Å². The van der Waals surface area contributed by atoms with Crippen LogP contribution in [0.2, 0.25) is 0 Å². The molecule has 4 heteroatoms. The van der Waals surface area contributed by atoms with Crippen LogP contribution in [0.4, 0.5) is 0 Å². The Balaban J connectivity index is 1.68. The van der Waals surface area contributed by atoms with Gasteiger partial charge in [0.25, 0.3) is 0 Å². The monoisotopic (exact) mass is 255 g/mol. The highest BCUT2D eigenvalue weighted by Gasteiger charge is 2.24. The van der Waals surface area contributed by atoms with Gasteiger partial charge in [0.05, 0.1) is 12.2 Å². The molecule has 2 unspecified atom stereocenters. The zero-order chi connectivity index (χ0) is 13.0. The number of carbonyl (C=O) groups excluding carboxylic acids is 1. The van der Waals surface area contributed by atoms with E-state index in [0.29, 0.717) is 25.9 Å². The Labute approximate surface area is 109 Å². The highest BCUT2D eigenvalue weighted by atomic mass is 16.5. The molecule has 2 atom stereocenters. The van der Waals surface area contributed by atoms with Gasteiger partial charge in [-0.2, -0.15) is 0 Å². The summed E-state index contributed by atoms with van der Waals surface area (Å²) in [5.41, 5.74) is 0. The molecule has 1 saturated heterocycles. The van der Waals surface area contributed by atoms with E-state index in [1.54, 1.807) is 0 Å². The summed E-state index contributed by atoms with van der Waals surface area (Å²) in [5.74, 6) is 0.809. The van der Waals surface area contributed by atoms with Gasteiger partial charge in [0.15, 0.2) is 0 Å². The molecule has 2 rings (SSSR count). The molecule has 0 bridgehead atoms. The second-order valence-electron chi connectivity index (χ2n) is 5.82. The largest absolute Gasteiger partial charge is 0.393 e. The van der Waals surface area contributed by atoms with Gasteiger partial charge >= 0.3 is 0 Å². The lowest BCUT2D eigenvalue weighted by atomic mass is 9.89. The van der Waals surface area contributed by atoms with Crippen molar-refractivity contribution in [3.05, 3.63) is 0 Å². The van der Waals surface area contributed by atoms with Crippen LogP contribution in [-0.2, 0) is 9.53 Å². The number of amides is 1. The summed E-state index contributed by atoms with van der Waals surface area (Å²) in [7, 11) is 0. The number of nitrogens with zero attached hydrogens (tertiary/aromatic N) is 1. The van der Waals surface area contributed by atoms with Crippen molar-refractivity contribution < 1.29 is 14.6 Å². The third kappa shape index (κ3) is 3.95. The number of ether oxygens (including phenoxy) is 1. The summed E-state index contributed by atoms with van der Waals surface area (Å²) >= 11 is 0. The van der Waals surface area contributed by atoms with Crippen LogP contribution in [0.25, 0.3) is 0 Å². The first-order valence-electron chi connectivity index (χ1n) is 7.22. The first-order chi connectivity index (χ1) is 8.65. The molecule has 2 aliphatic rings. The van der Waals surface area contributed by atoms with Gasteiger partial charge in [-0.25, -0.2) is 0 Å². The molecule has 18 heavy (non-hydrogen) atoms. The Kier molecular flexibility index (Phi) is 5.01. The summed E-state index contributed by atoms with van der Waals surface area (Å²) in [6.07, 6.45) is 6.14. The lowest BCUT2D eigenvalue weighted by Gasteiger charge is -2.31. The van der Waals surface area contributed by atoms with Gasteiger partial charge in [-0.05, 0) is 31.6 Å². The van der Waals surface area contributed by atoms with Crippen LogP contribution in [-0.4, -0.2) is 47.8 Å². The van der Waals surface area contributed by atoms with Crippen molar-refractivity contribution in [2.45, 2.75) is 57.7 Å². The number of likely N-dealkylation sites (tertiary alicyclic amines) is 1.